The summed E-state index contributed by atoms with van der Waals surface area (Å²) in [7, 11) is 0. The second-order valence-electron chi connectivity index (χ2n) is 7.87. The fraction of sp³-hybridized carbons (Fsp3) is 0.700. The van der Waals surface area contributed by atoms with Gasteiger partial charge in [-0.15, -0.1) is 0 Å². The molecule has 2 aliphatic carbocycles. The summed E-state index contributed by atoms with van der Waals surface area (Å²) >= 11 is 0. The first-order valence-corrected chi connectivity index (χ1v) is 8.62. The first-order valence-electron chi connectivity index (χ1n) is 8.62. The van der Waals surface area contributed by atoms with Crippen molar-refractivity contribution >= 4 is 12.6 Å². The summed E-state index contributed by atoms with van der Waals surface area (Å²) in [5, 5.41) is 0. The topological polar surface area (TPSA) is 34.1 Å². The Balaban J connectivity index is 2.30. The lowest BCUT2D eigenvalue weighted by Gasteiger charge is -2.57. The molecule has 0 amide bonds. The average molecular weight is 302 g/mol. The third-order valence-corrected chi connectivity index (χ3v) is 6.77. The minimum atomic E-state index is 0.0439. The summed E-state index contributed by atoms with van der Waals surface area (Å²) < 4.78 is 0. The van der Waals surface area contributed by atoms with Crippen molar-refractivity contribution in [1.29, 1.82) is 0 Å². The molecule has 0 N–H and O–H groups in total. The molecule has 0 bridgehead atoms. The van der Waals surface area contributed by atoms with Gasteiger partial charge in [-0.2, -0.15) is 0 Å². The number of rotatable bonds is 5. The zero-order valence-corrected chi connectivity index (χ0v) is 14.5. The number of hydrogen-bond acceptors (Lipinski definition) is 2. The molecular formula is C20H30O2. The zero-order valence-electron chi connectivity index (χ0n) is 14.5. The molecule has 2 heteroatoms. The lowest BCUT2D eigenvalue weighted by Crippen LogP contribution is -2.50. The number of fused-ring (bicyclic) bond motifs is 1. The summed E-state index contributed by atoms with van der Waals surface area (Å²) in [5.41, 5.74) is 2.92. The van der Waals surface area contributed by atoms with Crippen molar-refractivity contribution in [2.75, 3.05) is 0 Å². The smallest absolute Gasteiger partial charge is 0.142 e. The fourth-order valence-corrected chi connectivity index (χ4v) is 5.01. The van der Waals surface area contributed by atoms with Crippen LogP contribution < -0.4 is 0 Å². The Kier molecular flexibility index (Phi) is 5.09. The molecule has 22 heavy (non-hydrogen) atoms. The highest BCUT2D eigenvalue weighted by Crippen LogP contribution is 2.61. The Bertz CT molecular complexity index is 502. The SMILES string of the molecule is CC1=CCC[C@@H]2[C@@](C)(CC/C(C)=C\C=O)[C@H](C=O)CC[C@@]12C. The monoisotopic (exact) mass is 302 g/mol. The van der Waals surface area contributed by atoms with E-state index in [4.69, 9.17) is 0 Å². The van der Waals surface area contributed by atoms with Crippen LogP contribution in [-0.2, 0) is 9.59 Å². The molecule has 122 valence electrons. The Labute approximate surface area is 135 Å². The van der Waals surface area contributed by atoms with E-state index in [9.17, 15) is 9.59 Å². The number of hydrogen-bond donors (Lipinski definition) is 0. The maximum atomic E-state index is 11.7. The van der Waals surface area contributed by atoms with Gasteiger partial charge in [0.05, 0.1) is 0 Å². The van der Waals surface area contributed by atoms with Gasteiger partial charge in [-0.1, -0.05) is 31.1 Å². The van der Waals surface area contributed by atoms with Crippen LogP contribution in [0, 0.1) is 22.7 Å². The maximum absolute atomic E-state index is 11.7. The van der Waals surface area contributed by atoms with Gasteiger partial charge in [-0.3, -0.25) is 4.79 Å². The molecular weight excluding hydrogens is 272 g/mol. The Morgan fingerprint density at radius 2 is 2.05 bits per heavy atom. The zero-order chi connectivity index (χ0) is 16.4. The molecule has 0 unspecified atom stereocenters. The summed E-state index contributed by atoms with van der Waals surface area (Å²) in [4.78, 5) is 22.4. The minimum absolute atomic E-state index is 0.0439. The largest absolute Gasteiger partial charge is 0.303 e. The number of carbonyl (C=O) groups excluding carboxylic acids is 2. The van der Waals surface area contributed by atoms with E-state index in [1.807, 2.05) is 6.92 Å². The lowest BCUT2D eigenvalue weighted by atomic mass is 9.47. The van der Waals surface area contributed by atoms with Gasteiger partial charge in [0, 0.05) is 5.92 Å². The van der Waals surface area contributed by atoms with Crippen LogP contribution in [0.15, 0.2) is 23.3 Å². The van der Waals surface area contributed by atoms with E-state index in [-0.39, 0.29) is 16.7 Å². The van der Waals surface area contributed by atoms with Crippen molar-refractivity contribution in [3.8, 4) is 0 Å². The van der Waals surface area contributed by atoms with Crippen molar-refractivity contribution in [3.63, 3.8) is 0 Å². The molecule has 0 aromatic heterocycles. The molecule has 2 rings (SSSR count). The van der Waals surface area contributed by atoms with Gasteiger partial charge in [0.15, 0.2) is 0 Å². The normalized spacial score (nSPS) is 38.9. The van der Waals surface area contributed by atoms with Gasteiger partial charge in [-0.25, -0.2) is 0 Å². The number of aldehydes is 2. The average Bonchev–Trinajstić information content (AvgIpc) is 2.48. The van der Waals surface area contributed by atoms with Gasteiger partial charge in [0.1, 0.15) is 12.6 Å². The van der Waals surface area contributed by atoms with E-state index in [2.05, 4.69) is 26.8 Å². The molecule has 0 saturated heterocycles. The van der Waals surface area contributed by atoms with Crippen molar-refractivity contribution in [1.82, 2.24) is 0 Å². The van der Waals surface area contributed by atoms with Gasteiger partial charge < -0.3 is 4.79 Å². The molecule has 0 aliphatic heterocycles. The highest BCUT2D eigenvalue weighted by Gasteiger charge is 2.54. The molecule has 4 atom stereocenters. The third kappa shape index (κ3) is 2.85. The van der Waals surface area contributed by atoms with Crippen LogP contribution >= 0.6 is 0 Å². The van der Waals surface area contributed by atoms with Gasteiger partial charge in [0.25, 0.3) is 0 Å². The highest BCUT2D eigenvalue weighted by atomic mass is 16.1. The lowest BCUT2D eigenvalue weighted by molar-refractivity contribution is -0.124. The van der Waals surface area contributed by atoms with E-state index < -0.39 is 0 Å². The number of allylic oxidation sites excluding steroid dienone is 4. The predicted octanol–water partition coefficient (Wildman–Crippen LogP) is 4.89. The van der Waals surface area contributed by atoms with Gasteiger partial charge >= 0.3 is 0 Å². The molecule has 1 saturated carbocycles. The van der Waals surface area contributed by atoms with Crippen LogP contribution in [0.5, 0.6) is 0 Å². The van der Waals surface area contributed by atoms with Crippen LogP contribution in [0.1, 0.15) is 66.2 Å². The van der Waals surface area contributed by atoms with Gasteiger partial charge in [-0.05, 0) is 75.2 Å². The highest BCUT2D eigenvalue weighted by molar-refractivity contribution is 5.65. The predicted molar refractivity (Wildman–Crippen MR) is 90.5 cm³/mol. The molecule has 2 nitrogen and oxygen atoms in total. The van der Waals surface area contributed by atoms with Crippen molar-refractivity contribution in [3.05, 3.63) is 23.3 Å². The molecule has 0 aromatic carbocycles. The first kappa shape index (κ1) is 17.2. The quantitative estimate of drug-likeness (QED) is 0.411. The molecule has 0 aromatic rings. The minimum Gasteiger partial charge on any atom is -0.303 e. The second-order valence-corrected chi connectivity index (χ2v) is 7.87. The van der Waals surface area contributed by atoms with Crippen molar-refractivity contribution in [2.45, 2.75) is 66.2 Å². The van der Waals surface area contributed by atoms with Crippen LogP contribution in [0.25, 0.3) is 0 Å². The first-order chi connectivity index (χ1) is 10.4. The number of carbonyl (C=O) groups is 2. The summed E-state index contributed by atoms with van der Waals surface area (Å²) in [6.07, 6.45) is 12.5. The molecule has 1 fully saturated rings. The van der Waals surface area contributed by atoms with Crippen LogP contribution in [0.2, 0.25) is 0 Å². The standard InChI is InChI=1S/C20H30O2/c1-15(10-13-21)8-11-20(4)17(14-22)9-12-19(3)16(2)6-5-7-18(19)20/h6,10,13-14,17-18H,5,7-9,11-12H2,1-4H3/b15-10-/t17-,18-,19-,20-/m0/s1. The van der Waals surface area contributed by atoms with Gasteiger partial charge in [0.2, 0.25) is 0 Å². The van der Waals surface area contributed by atoms with E-state index in [1.165, 1.54) is 18.3 Å². The summed E-state index contributed by atoms with van der Waals surface area (Å²) in [6, 6.07) is 0. The molecule has 2 aliphatic rings. The van der Waals surface area contributed by atoms with Crippen LogP contribution in [-0.4, -0.2) is 12.6 Å². The van der Waals surface area contributed by atoms with E-state index >= 15 is 0 Å². The Morgan fingerprint density at radius 3 is 2.68 bits per heavy atom. The molecule has 0 spiro atoms. The fourth-order valence-electron chi connectivity index (χ4n) is 5.01. The van der Waals surface area contributed by atoms with Crippen molar-refractivity contribution < 1.29 is 9.59 Å². The Hall–Kier alpha value is -1.18. The molecule has 0 radical (unpaired) electrons. The van der Waals surface area contributed by atoms with Crippen molar-refractivity contribution in [2.24, 2.45) is 22.7 Å². The summed E-state index contributed by atoms with van der Waals surface area (Å²) in [5.74, 6) is 0.721. The molecule has 0 heterocycles. The Morgan fingerprint density at radius 1 is 1.32 bits per heavy atom. The van der Waals surface area contributed by atoms with Crippen LogP contribution in [0.4, 0.5) is 0 Å². The van der Waals surface area contributed by atoms with E-state index in [1.54, 1.807) is 6.08 Å². The third-order valence-electron chi connectivity index (χ3n) is 6.77. The maximum Gasteiger partial charge on any atom is 0.142 e. The van der Waals surface area contributed by atoms with E-state index in [0.29, 0.717) is 5.92 Å². The van der Waals surface area contributed by atoms with Crippen LogP contribution in [0.3, 0.4) is 0 Å². The van der Waals surface area contributed by atoms with E-state index in [0.717, 1.165) is 44.0 Å². The second kappa shape index (κ2) is 6.52. The summed E-state index contributed by atoms with van der Waals surface area (Å²) in [6.45, 7) is 9.00.